The Hall–Kier alpha value is -2.04. The number of carbonyl (C=O) groups is 1. The topological polar surface area (TPSA) is 26.8 Å². The molecule has 1 heterocycles. The summed E-state index contributed by atoms with van der Waals surface area (Å²) in [6, 6.07) is 17.9. The molecular formula is C21H26ClN3O. The molecule has 0 saturated carbocycles. The van der Waals surface area contributed by atoms with Crippen molar-refractivity contribution in [2.24, 2.45) is 0 Å². The van der Waals surface area contributed by atoms with E-state index in [4.69, 9.17) is 11.6 Å². The van der Waals surface area contributed by atoms with E-state index in [0.717, 1.165) is 42.5 Å². The number of anilines is 1. The van der Waals surface area contributed by atoms with Gasteiger partial charge in [0.1, 0.15) is 0 Å². The van der Waals surface area contributed by atoms with E-state index in [9.17, 15) is 4.79 Å². The summed E-state index contributed by atoms with van der Waals surface area (Å²) >= 11 is 6.31. The van der Waals surface area contributed by atoms with Gasteiger partial charge in [-0.05, 0) is 24.6 Å². The molecule has 0 bridgehead atoms. The largest absolute Gasteiger partial charge is 0.368 e. The molecule has 0 aromatic heterocycles. The molecule has 1 saturated heterocycles. The number of amides is 1. The zero-order valence-corrected chi connectivity index (χ0v) is 16.2. The Morgan fingerprint density at radius 1 is 1.04 bits per heavy atom. The van der Waals surface area contributed by atoms with Crippen molar-refractivity contribution >= 4 is 23.2 Å². The van der Waals surface area contributed by atoms with Crippen molar-refractivity contribution in [1.82, 2.24) is 9.80 Å². The second-order valence-electron chi connectivity index (χ2n) is 6.83. The van der Waals surface area contributed by atoms with Crippen molar-refractivity contribution in [2.45, 2.75) is 19.5 Å². The summed E-state index contributed by atoms with van der Waals surface area (Å²) < 4.78 is 0. The van der Waals surface area contributed by atoms with E-state index in [1.165, 1.54) is 0 Å². The van der Waals surface area contributed by atoms with Crippen LogP contribution in [0.5, 0.6) is 0 Å². The van der Waals surface area contributed by atoms with Crippen molar-refractivity contribution in [3.63, 3.8) is 0 Å². The Balaban J connectivity index is 1.55. The Morgan fingerprint density at radius 3 is 2.31 bits per heavy atom. The van der Waals surface area contributed by atoms with Crippen molar-refractivity contribution in [3.05, 3.63) is 65.2 Å². The van der Waals surface area contributed by atoms with Gasteiger partial charge in [-0.1, -0.05) is 54.1 Å². The number of halogens is 1. The lowest BCUT2D eigenvalue weighted by Gasteiger charge is -2.39. The molecule has 0 aliphatic carbocycles. The fraction of sp³-hybridized carbons (Fsp3) is 0.381. The van der Waals surface area contributed by atoms with Crippen LogP contribution >= 0.6 is 11.6 Å². The third-order valence-corrected chi connectivity index (χ3v) is 5.37. The molecule has 1 aliphatic rings. The minimum absolute atomic E-state index is 0.114. The monoisotopic (exact) mass is 371 g/mol. The standard InChI is InChI=1S/C21H26ClN3O/c1-17(21(26)23(2)16-18-8-4-3-5-9-18)24-12-14-25(15-13-24)20-11-7-6-10-19(20)22/h3-11,17H,12-16H2,1-2H3. The van der Waals surface area contributed by atoms with Crippen LogP contribution in [-0.2, 0) is 11.3 Å². The van der Waals surface area contributed by atoms with Crippen molar-refractivity contribution in [3.8, 4) is 0 Å². The Morgan fingerprint density at radius 2 is 1.65 bits per heavy atom. The fourth-order valence-electron chi connectivity index (χ4n) is 3.47. The Bertz CT molecular complexity index is 729. The van der Waals surface area contributed by atoms with Crippen LogP contribution in [0, 0.1) is 0 Å². The van der Waals surface area contributed by atoms with Crippen LogP contribution in [-0.4, -0.2) is 55.0 Å². The van der Waals surface area contributed by atoms with Gasteiger partial charge >= 0.3 is 0 Å². The molecule has 1 amide bonds. The zero-order valence-electron chi connectivity index (χ0n) is 15.4. The van der Waals surface area contributed by atoms with Crippen molar-refractivity contribution in [2.75, 3.05) is 38.1 Å². The summed E-state index contributed by atoms with van der Waals surface area (Å²) in [6.07, 6.45) is 0. The van der Waals surface area contributed by atoms with Gasteiger partial charge in [-0.2, -0.15) is 0 Å². The number of hydrogen-bond acceptors (Lipinski definition) is 3. The molecule has 1 atom stereocenters. The van der Waals surface area contributed by atoms with Gasteiger partial charge in [0.2, 0.25) is 5.91 Å². The van der Waals surface area contributed by atoms with Gasteiger partial charge in [-0.25, -0.2) is 0 Å². The summed E-state index contributed by atoms with van der Waals surface area (Å²) in [6.45, 7) is 6.13. The van der Waals surface area contributed by atoms with Crippen molar-refractivity contribution < 1.29 is 4.79 Å². The highest BCUT2D eigenvalue weighted by Gasteiger charge is 2.28. The molecule has 138 valence electrons. The molecular weight excluding hydrogens is 346 g/mol. The maximum absolute atomic E-state index is 12.8. The minimum Gasteiger partial charge on any atom is -0.368 e. The van der Waals surface area contributed by atoms with Gasteiger partial charge in [0.05, 0.1) is 16.8 Å². The zero-order chi connectivity index (χ0) is 18.5. The van der Waals surface area contributed by atoms with Gasteiger partial charge in [0, 0.05) is 39.8 Å². The molecule has 3 rings (SSSR count). The predicted molar refractivity (Wildman–Crippen MR) is 108 cm³/mol. The van der Waals surface area contributed by atoms with Gasteiger partial charge in [-0.3, -0.25) is 9.69 Å². The Labute approximate surface area is 161 Å². The molecule has 1 fully saturated rings. The summed E-state index contributed by atoms with van der Waals surface area (Å²) in [4.78, 5) is 19.2. The van der Waals surface area contributed by atoms with E-state index in [0.29, 0.717) is 6.54 Å². The highest BCUT2D eigenvalue weighted by atomic mass is 35.5. The average molecular weight is 372 g/mol. The first-order valence-corrected chi connectivity index (χ1v) is 9.46. The smallest absolute Gasteiger partial charge is 0.239 e. The highest BCUT2D eigenvalue weighted by molar-refractivity contribution is 6.33. The molecule has 1 aliphatic heterocycles. The van der Waals surface area contributed by atoms with Crippen LogP contribution < -0.4 is 4.90 Å². The molecule has 0 spiro atoms. The van der Waals surface area contributed by atoms with E-state index in [1.807, 2.05) is 55.3 Å². The number of benzene rings is 2. The number of para-hydroxylation sites is 1. The van der Waals surface area contributed by atoms with E-state index in [-0.39, 0.29) is 11.9 Å². The van der Waals surface area contributed by atoms with Gasteiger partial charge < -0.3 is 9.80 Å². The first kappa shape index (κ1) is 18.7. The maximum Gasteiger partial charge on any atom is 0.239 e. The third-order valence-electron chi connectivity index (χ3n) is 5.05. The number of hydrogen-bond donors (Lipinski definition) is 0. The molecule has 26 heavy (non-hydrogen) atoms. The van der Waals surface area contributed by atoms with Gasteiger partial charge in [-0.15, -0.1) is 0 Å². The average Bonchev–Trinajstić information content (AvgIpc) is 2.68. The van der Waals surface area contributed by atoms with Crippen molar-refractivity contribution in [1.29, 1.82) is 0 Å². The fourth-order valence-corrected chi connectivity index (χ4v) is 3.72. The predicted octanol–water partition coefficient (Wildman–Crippen LogP) is 3.51. The normalized spacial score (nSPS) is 16.3. The minimum atomic E-state index is -0.114. The lowest BCUT2D eigenvalue weighted by Crippen LogP contribution is -2.54. The summed E-state index contributed by atoms with van der Waals surface area (Å²) in [5, 5.41) is 0.785. The van der Waals surface area contributed by atoms with E-state index in [1.54, 1.807) is 0 Å². The molecule has 1 unspecified atom stereocenters. The van der Waals surface area contributed by atoms with Crippen LogP contribution in [0.15, 0.2) is 54.6 Å². The molecule has 0 radical (unpaired) electrons. The summed E-state index contributed by atoms with van der Waals surface area (Å²) in [5.74, 6) is 0.167. The first-order valence-electron chi connectivity index (χ1n) is 9.08. The lowest BCUT2D eigenvalue weighted by molar-refractivity contribution is -0.135. The molecule has 4 nitrogen and oxygen atoms in total. The van der Waals surface area contributed by atoms with Crippen LogP contribution in [0.3, 0.4) is 0 Å². The lowest BCUT2D eigenvalue weighted by atomic mass is 10.1. The van der Waals surface area contributed by atoms with Crippen LogP contribution in [0.4, 0.5) is 5.69 Å². The van der Waals surface area contributed by atoms with Gasteiger partial charge in [0.25, 0.3) is 0 Å². The molecule has 2 aromatic rings. The second kappa shape index (κ2) is 8.56. The van der Waals surface area contributed by atoms with Crippen LogP contribution in [0.1, 0.15) is 12.5 Å². The first-order chi connectivity index (χ1) is 12.6. The number of carbonyl (C=O) groups excluding carboxylic acids is 1. The quantitative estimate of drug-likeness (QED) is 0.804. The van der Waals surface area contributed by atoms with E-state index < -0.39 is 0 Å². The number of rotatable bonds is 5. The molecule has 5 heteroatoms. The molecule has 2 aromatic carbocycles. The maximum atomic E-state index is 12.8. The summed E-state index contributed by atoms with van der Waals surface area (Å²) in [5.41, 5.74) is 2.23. The Kier molecular flexibility index (Phi) is 6.17. The van der Waals surface area contributed by atoms with Gasteiger partial charge in [0.15, 0.2) is 0 Å². The highest BCUT2D eigenvalue weighted by Crippen LogP contribution is 2.26. The number of likely N-dealkylation sites (N-methyl/N-ethyl adjacent to an activating group) is 1. The second-order valence-corrected chi connectivity index (χ2v) is 7.24. The van der Waals surface area contributed by atoms with E-state index >= 15 is 0 Å². The number of nitrogens with zero attached hydrogens (tertiary/aromatic N) is 3. The third kappa shape index (κ3) is 4.37. The molecule has 0 N–H and O–H groups in total. The van der Waals surface area contributed by atoms with Crippen LogP contribution in [0.2, 0.25) is 5.02 Å². The van der Waals surface area contributed by atoms with Crippen LogP contribution in [0.25, 0.3) is 0 Å². The summed E-state index contributed by atoms with van der Waals surface area (Å²) in [7, 11) is 1.88. The SMILES string of the molecule is CC(C(=O)N(C)Cc1ccccc1)N1CCN(c2ccccc2Cl)CC1. The van der Waals surface area contributed by atoms with E-state index in [2.05, 4.69) is 28.0 Å². The number of piperazine rings is 1.